The molecule has 0 aliphatic rings. The number of rotatable bonds is 26. The van der Waals surface area contributed by atoms with Crippen LogP contribution in [0, 0.1) is 0 Å². The van der Waals surface area contributed by atoms with Crippen molar-refractivity contribution in [2.45, 2.75) is 143 Å². The van der Waals surface area contributed by atoms with Crippen LogP contribution in [-0.4, -0.2) is 32.4 Å². The summed E-state index contributed by atoms with van der Waals surface area (Å²) in [5.41, 5.74) is 0. The summed E-state index contributed by atoms with van der Waals surface area (Å²) in [5, 5.41) is 0. The van der Waals surface area contributed by atoms with Gasteiger partial charge in [0.05, 0.1) is 26.4 Å². The lowest BCUT2D eigenvalue weighted by Crippen LogP contribution is -2.36. The molecule has 0 unspecified atom stereocenters. The molecule has 0 fully saturated rings. The molecule has 0 aliphatic carbocycles. The Kier molecular flexibility index (Phi) is 22.5. The largest absolute Gasteiger partial charge is 0.479 e. The number of phosphoric acid groups is 1. The highest BCUT2D eigenvalue weighted by molar-refractivity contribution is 7.48. The van der Waals surface area contributed by atoms with E-state index in [1.807, 2.05) is 0 Å². The van der Waals surface area contributed by atoms with Crippen molar-refractivity contribution >= 4 is 7.82 Å². The van der Waals surface area contributed by atoms with Gasteiger partial charge in [-0.25, -0.2) is 9.09 Å². The fraction of sp³-hybridized carbons (Fsp3) is 1.00. The first-order valence-corrected chi connectivity index (χ1v) is 15.3. The standard InChI is InChI=1S/C26H55O6P/c1-6-10-14-16-18-20-24-30-33(27,31-25-21-19-17-15-11-7-2)32-26(5,28-22-12-8-3)29-23-13-9-4/h6-25H2,1-5H3. The molecule has 0 aromatic heterocycles. The van der Waals surface area contributed by atoms with Gasteiger partial charge in [-0.1, -0.05) is 105 Å². The van der Waals surface area contributed by atoms with E-state index in [4.69, 9.17) is 23.0 Å². The molecule has 0 N–H and O–H groups in total. The number of unbranched alkanes of at least 4 members (excludes halogenated alkanes) is 12. The van der Waals surface area contributed by atoms with Gasteiger partial charge < -0.3 is 9.47 Å². The average Bonchev–Trinajstić information content (AvgIpc) is 2.78. The number of phosphoric ester groups is 1. The summed E-state index contributed by atoms with van der Waals surface area (Å²) in [6.45, 7) is 11.9. The first-order valence-electron chi connectivity index (χ1n) is 13.8. The zero-order chi connectivity index (χ0) is 24.7. The van der Waals surface area contributed by atoms with E-state index >= 15 is 0 Å². The summed E-state index contributed by atoms with van der Waals surface area (Å²) in [6.07, 6.45) is 17.2. The molecule has 0 spiro atoms. The van der Waals surface area contributed by atoms with Gasteiger partial charge in [0.15, 0.2) is 0 Å². The van der Waals surface area contributed by atoms with Crippen LogP contribution < -0.4 is 0 Å². The minimum Gasteiger partial charge on any atom is -0.327 e. The Bertz CT molecular complexity index is 428. The predicted molar refractivity (Wildman–Crippen MR) is 137 cm³/mol. The second-order valence-electron chi connectivity index (χ2n) is 9.01. The predicted octanol–water partition coefficient (Wildman–Crippen LogP) is 9.17. The molecular weight excluding hydrogens is 439 g/mol. The van der Waals surface area contributed by atoms with Crippen LogP contribution in [-0.2, 0) is 27.6 Å². The van der Waals surface area contributed by atoms with E-state index in [1.165, 1.54) is 51.4 Å². The SMILES string of the molecule is CCCCCCCCOP(=O)(OCCCCCCCC)OC(C)(OCCCC)OCCCC. The molecule has 0 radical (unpaired) electrons. The molecule has 0 bridgehead atoms. The van der Waals surface area contributed by atoms with Gasteiger partial charge in [-0.05, 0) is 25.7 Å². The molecule has 0 heterocycles. The molecular formula is C26H55O6P. The van der Waals surface area contributed by atoms with Gasteiger partial charge in [-0.2, -0.15) is 0 Å². The van der Waals surface area contributed by atoms with Crippen LogP contribution in [0.2, 0.25) is 0 Å². The Labute approximate surface area is 205 Å². The Morgan fingerprint density at radius 1 is 0.515 bits per heavy atom. The van der Waals surface area contributed by atoms with Crippen molar-refractivity contribution in [3.8, 4) is 0 Å². The van der Waals surface area contributed by atoms with Crippen molar-refractivity contribution in [3.63, 3.8) is 0 Å². The third-order valence-electron chi connectivity index (χ3n) is 5.50. The fourth-order valence-electron chi connectivity index (χ4n) is 3.31. The maximum atomic E-state index is 13.5. The van der Waals surface area contributed by atoms with Gasteiger partial charge in [0.1, 0.15) is 0 Å². The van der Waals surface area contributed by atoms with Gasteiger partial charge in [0.25, 0.3) is 5.97 Å². The van der Waals surface area contributed by atoms with Crippen LogP contribution in [0.4, 0.5) is 0 Å². The van der Waals surface area contributed by atoms with Gasteiger partial charge in [-0.3, -0.25) is 9.05 Å². The molecule has 200 valence electrons. The Morgan fingerprint density at radius 3 is 1.27 bits per heavy atom. The zero-order valence-electron chi connectivity index (χ0n) is 22.5. The summed E-state index contributed by atoms with van der Waals surface area (Å²) in [6, 6.07) is 0. The van der Waals surface area contributed by atoms with Crippen LogP contribution in [0.25, 0.3) is 0 Å². The first-order chi connectivity index (χ1) is 15.9. The van der Waals surface area contributed by atoms with Crippen LogP contribution >= 0.6 is 7.82 Å². The molecule has 0 aromatic carbocycles. The highest BCUT2D eigenvalue weighted by Gasteiger charge is 2.40. The third kappa shape index (κ3) is 20.0. The van der Waals surface area contributed by atoms with Gasteiger partial charge in [-0.15, -0.1) is 0 Å². The van der Waals surface area contributed by atoms with Crippen molar-refractivity contribution in [3.05, 3.63) is 0 Å². The molecule has 7 heteroatoms. The average molecular weight is 495 g/mol. The molecule has 0 aromatic rings. The molecule has 33 heavy (non-hydrogen) atoms. The van der Waals surface area contributed by atoms with E-state index in [1.54, 1.807) is 6.92 Å². The summed E-state index contributed by atoms with van der Waals surface area (Å²) in [5.74, 6) is -1.44. The van der Waals surface area contributed by atoms with E-state index in [0.29, 0.717) is 26.4 Å². The third-order valence-corrected chi connectivity index (χ3v) is 7.05. The Balaban J connectivity index is 4.86. The summed E-state index contributed by atoms with van der Waals surface area (Å²) >= 11 is 0. The van der Waals surface area contributed by atoms with Gasteiger partial charge in [0, 0.05) is 6.92 Å². The van der Waals surface area contributed by atoms with E-state index < -0.39 is 13.8 Å². The fourth-order valence-corrected chi connectivity index (χ4v) is 4.71. The topological polar surface area (TPSA) is 63.2 Å². The first kappa shape index (κ1) is 33.0. The minimum absolute atomic E-state index is 0.347. The van der Waals surface area contributed by atoms with Crippen molar-refractivity contribution in [2.24, 2.45) is 0 Å². The van der Waals surface area contributed by atoms with Crippen LogP contribution in [0.15, 0.2) is 0 Å². The lowest BCUT2D eigenvalue weighted by Gasteiger charge is -2.32. The van der Waals surface area contributed by atoms with E-state index in [2.05, 4.69) is 27.7 Å². The van der Waals surface area contributed by atoms with Crippen molar-refractivity contribution in [1.29, 1.82) is 0 Å². The Hall–Kier alpha value is 0.0300. The molecule has 0 atom stereocenters. The number of hydrogen-bond donors (Lipinski definition) is 0. The van der Waals surface area contributed by atoms with Crippen molar-refractivity contribution in [2.75, 3.05) is 26.4 Å². The molecule has 0 saturated heterocycles. The van der Waals surface area contributed by atoms with E-state index in [9.17, 15) is 4.57 Å². The lowest BCUT2D eigenvalue weighted by atomic mass is 10.1. The Morgan fingerprint density at radius 2 is 0.879 bits per heavy atom. The summed E-state index contributed by atoms with van der Waals surface area (Å²) in [7, 11) is -3.81. The maximum Gasteiger partial charge on any atom is 0.479 e. The molecule has 0 amide bonds. The number of ether oxygens (including phenoxy) is 2. The van der Waals surface area contributed by atoms with Crippen LogP contribution in [0.5, 0.6) is 0 Å². The number of hydrogen-bond acceptors (Lipinski definition) is 6. The molecule has 0 saturated carbocycles. The van der Waals surface area contributed by atoms with E-state index in [-0.39, 0.29) is 0 Å². The second-order valence-corrected chi connectivity index (χ2v) is 10.6. The normalized spacial score (nSPS) is 12.5. The lowest BCUT2D eigenvalue weighted by molar-refractivity contribution is -0.338. The monoisotopic (exact) mass is 494 g/mol. The highest BCUT2D eigenvalue weighted by atomic mass is 31.2. The van der Waals surface area contributed by atoms with Crippen molar-refractivity contribution in [1.82, 2.24) is 0 Å². The molecule has 6 nitrogen and oxygen atoms in total. The zero-order valence-corrected chi connectivity index (χ0v) is 23.4. The quantitative estimate of drug-likeness (QED) is 0.0678. The second kappa shape index (κ2) is 22.5. The van der Waals surface area contributed by atoms with Gasteiger partial charge >= 0.3 is 7.82 Å². The van der Waals surface area contributed by atoms with Crippen LogP contribution in [0.1, 0.15) is 137 Å². The van der Waals surface area contributed by atoms with Crippen molar-refractivity contribution < 1.29 is 27.6 Å². The molecule has 0 rings (SSSR count). The van der Waals surface area contributed by atoms with E-state index in [0.717, 1.165) is 51.4 Å². The summed E-state index contributed by atoms with van der Waals surface area (Å²) < 4.78 is 42.7. The van der Waals surface area contributed by atoms with Gasteiger partial charge in [0.2, 0.25) is 0 Å². The van der Waals surface area contributed by atoms with Crippen LogP contribution in [0.3, 0.4) is 0 Å². The maximum absolute atomic E-state index is 13.5. The smallest absolute Gasteiger partial charge is 0.327 e. The molecule has 0 aliphatic heterocycles. The highest BCUT2D eigenvalue weighted by Crippen LogP contribution is 2.53. The minimum atomic E-state index is -3.81. The summed E-state index contributed by atoms with van der Waals surface area (Å²) in [4.78, 5) is 0.